The Morgan fingerprint density at radius 3 is 2.28 bits per heavy atom. The normalized spacial score (nSPS) is 10.6. The van der Waals surface area contributed by atoms with Gasteiger partial charge in [-0.25, -0.2) is 14.6 Å². The summed E-state index contributed by atoms with van der Waals surface area (Å²) in [7, 11) is 1.55. The Bertz CT molecular complexity index is 1030. The first-order valence-electron chi connectivity index (χ1n) is 9.47. The fraction of sp³-hybridized carbons (Fsp3) is 0.261. The molecule has 1 aromatic heterocycles. The first kappa shape index (κ1) is 20.3. The molecule has 0 aliphatic heterocycles. The molecule has 0 aliphatic carbocycles. The predicted octanol–water partition coefficient (Wildman–Crippen LogP) is 4.19. The van der Waals surface area contributed by atoms with Crippen LogP contribution < -0.4 is 4.74 Å². The zero-order valence-electron chi connectivity index (χ0n) is 16.7. The van der Waals surface area contributed by atoms with Crippen LogP contribution in [0.4, 0.5) is 0 Å². The number of fused-ring (bicyclic) bond motifs is 1. The molecule has 150 valence electrons. The number of hydrogen-bond acceptors (Lipinski definition) is 6. The van der Waals surface area contributed by atoms with Gasteiger partial charge < -0.3 is 14.2 Å². The van der Waals surface area contributed by atoms with E-state index in [2.05, 4.69) is 4.98 Å². The van der Waals surface area contributed by atoms with E-state index in [0.717, 1.165) is 5.56 Å². The molecule has 0 bridgehead atoms. The van der Waals surface area contributed by atoms with Gasteiger partial charge in [0, 0.05) is 17.4 Å². The lowest BCUT2D eigenvalue weighted by Gasteiger charge is -2.16. The van der Waals surface area contributed by atoms with Gasteiger partial charge in [0.05, 0.1) is 31.4 Å². The highest BCUT2D eigenvalue weighted by Crippen LogP contribution is 2.30. The van der Waals surface area contributed by atoms with Crippen molar-refractivity contribution in [2.45, 2.75) is 20.3 Å². The Balaban J connectivity index is 2.32. The number of pyridine rings is 1. The summed E-state index contributed by atoms with van der Waals surface area (Å²) in [5.74, 6) is -0.495. The van der Waals surface area contributed by atoms with Gasteiger partial charge in [-0.15, -0.1) is 0 Å². The molecule has 0 fully saturated rings. The minimum Gasteiger partial charge on any atom is -0.497 e. The minimum atomic E-state index is -0.568. The Labute approximate surface area is 169 Å². The van der Waals surface area contributed by atoms with Gasteiger partial charge in [-0.05, 0) is 37.6 Å². The van der Waals surface area contributed by atoms with Crippen LogP contribution >= 0.6 is 0 Å². The van der Waals surface area contributed by atoms with Crippen LogP contribution in [-0.2, 0) is 15.9 Å². The average molecular weight is 393 g/mol. The zero-order valence-corrected chi connectivity index (χ0v) is 16.7. The lowest BCUT2D eigenvalue weighted by molar-refractivity contribution is 0.0518. The van der Waals surface area contributed by atoms with Gasteiger partial charge >= 0.3 is 11.9 Å². The third kappa shape index (κ3) is 4.37. The van der Waals surface area contributed by atoms with Crippen molar-refractivity contribution in [1.29, 1.82) is 0 Å². The van der Waals surface area contributed by atoms with E-state index in [0.29, 0.717) is 34.2 Å². The SMILES string of the molecule is CCOC(=O)c1nc2ccc(OC)cc2c(C(=O)OCC)c1Cc1ccccc1. The summed E-state index contributed by atoms with van der Waals surface area (Å²) in [6, 6.07) is 14.8. The minimum absolute atomic E-state index is 0.122. The number of ether oxygens (including phenoxy) is 3. The van der Waals surface area contributed by atoms with Crippen LogP contribution in [0.1, 0.15) is 45.8 Å². The Morgan fingerprint density at radius 2 is 1.62 bits per heavy atom. The van der Waals surface area contributed by atoms with E-state index >= 15 is 0 Å². The third-order valence-corrected chi connectivity index (χ3v) is 4.46. The first-order valence-corrected chi connectivity index (χ1v) is 9.47. The number of carbonyl (C=O) groups is 2. The molecule has 6 heteroatoms. The molecule has 2 aromatic carbocycles. The Kier molecular flexibility index (Phi) is 6.44. The van der Waals surface area contributed by atoms with E-state index in [-0.39, 0.29) is 18.9 Å². The summed E-state index contributed by atoms with van der Waals surface area (Å²) in [5.41, 5.74) is 2.34. The molecule has 0 aliphatic rings. The van der Waals surface area contributed by atoms with Gasteiger partial charge in [-0.2, -0.15) is 0 Å². The summed E-state index contributed by atoms with van der Waals surface area (Å²) in [4.78, 5) is 30.2. The number of carbonyl (C=O) groups excluding carboxylic acids is 2. The van der Waals surface area contributed by atoms with E-state index in [4.69, 9.17) is 14.2 Å². The first-order chi connectivity index (χ1) is 14.1. The van der Waals surface area contributed by atoms with Gasteiger partial charge in [0.15, 0.2) is 5.69 Å². The molecule has 29 heavy (non-hydrogen) atoms. The van der Waals surface area contributed by atoms with Crippen LogP contribution in [-0.4, -0.2) is 37.2 Å². The molecular formula is C23H23NO5. The second kappa shape index (κ2) is 9.19. The maximum Gasteiger partial charge on any atom is 0.357 e. The number of aromatic nitrogens is 1. The molecule has 0 radical (unpaired) electrons. The number of esters is 2. The van der Waals surface area contributed by atoms with Gasteiger partial charge in [-0.3, -0.25) is 0 Å². The third-order valence-electron chi connectivity index (χ3n) is 4.46. The van der Waals surface area contributed by atoms with Crippen molar-refractivity contribution in [3.05, 3.63) is 70.9 Å². The van der Waals surface area contributed by atoms with Crippen LogP contribution in [0.25, 0.3) is 10.9 Å². The van der Waals surface area contributed by atoms with E-state index in [9.17, 15) is 9.59 Å². The van der Waals surface area contributed by atoms with Crippen molar-refractivity contribution in [2.75, 3.05) is 20.3 Å². The van der Waals surface area contributed by atoms with Crippen molar-refractivity contribution in [1.82, 2.24) is 4.98 Å². The Hall–Kier alpha value is -3.41. The predicted molar refractivity (Wildman–Crippen MR) is 109 cm³/mol. The largest absolute Gasteiger partial charge is 0.497 e. The van der Waals surface area contributed by atoms with Crippen molar-refractivity contribution in [3.8, 4) is 5.75 Å². The van der Waals surface area contributed by atoms with Crippen LogP contribution in [0.3, 0.4) is 0 Å². The average Bonchev–Trinajstić information content (AvgIpc) is 2.73. The number of hydrogen-bond donors (Lipinski definition) is 0. The van der Waals surface area contributed by atoms with E-state index in [1.807, 2.05) is 30.3 Å². The molecule has 0 spiro atoms. The lowest BCUT2D eigenvalue weighted by atomic mass is 9.94. The molecule has 0 unspecified atom stereocenters. The molecule has 0 amide bonds. The summed E-state index contributed by atoms with van der Waals surface area (Å²) in [5, 5.41) is 0.571. The van der Waals surface area contributed by atoms with Gasteiger partial charge in [0.25, 0.3) is 0 Å². The van der Waals surface area contributed by atoms with Crippen molar-refractivity contribution in [3.63, 3.8) is 0 Å². The monoisotopic (exact) mass is 393 g/mol. The Morgan fingerprint density at radius 1 is 0.931 bits per heavy atom. The number of nitrogens with zero attached hydrogens (tertiary/aromatic N) is 1. The molecule has 3 aromatic rings. The van der Waals surface area contributed by atoms with E-state index < -0.39 is 11.9 Å². The molecule has 0 saturated carbocycles. The second-order valence-corrected chi connectivity index (χ2v) is 6.30. The lowest BCUT2D eigenvalue weighted by Crippen LogP contribution is -2.18. The van der Waals surface area contributed by atoms with E-state index in [1.54, 1.807) is 39.2 Å². The quantitative estimate of drug-likeness (QED) is 0.561. The standard InChI is InChI=1S/C23H23NO5/c1-4-28-22(25)20-17-14-16(27-3)11-12-19(17)24-21(23(26)29-5-2)18(20)13-15-9-7-6-8-10-15/h6-12,14H,4-5,13H2,1-3H3. The fourth-order valence-electron chi connectivity index (χ4n) is 3.19. The highest BCUT2D eigenvalue weighted by atomic mass is 16.5. The fourth-order valence-corrected chi connectivity index (χ4v) is 3.19. The van der Waals surface area contributed by atoms with Crippen LogP contribution in [0.15, 0.2) is 48.5 Å². The van der Waals surface area contributed by atoms with E-state index in [1.165, 1.54) is 0 Å². The summed E-state index contributed by atoms with van der Waals surface area (Å²) < 4.78 is 15.9. The molecule has 1 heterocycles. The topological polar surface area (TPSA) is 74.7 Å². The molecule has 3 rings (SSSR count). The smallest absolute Gasteiger partial charge is 0.357 e. The number of benzene rings is 2. The van der Waals surface area contributed by atoms with Crippen molar-refractivity contribution >= 4 is 22.8 Å². The maximum atomic E-state index is 13.0. The van der Waals surface area contributed by atoms with Crippen molar-refractivity contribution in [2.24, 2.45) is 0 Å². The number of methoxy groups -OCH3 is 1. The van der Waals surface area contributed by atoms with Gasteiger partial charge in [0.1, 0.15) is 5.75 Å². The van der Waals surface area contributed by atoms with Crippen LogP contribution in [0.5, 0.6) is 5.75 Å². The van der Waals surface area contributed by atoms with Crippen LogP contribution in [0, 0.1) is 0 Å². The highest BCUT2D eigenvalue weighted by molar-refractivity contribution is 6.08. The van der Waals surface area contributed by atoms with Gasteiger partial charge in [-0.1, -0.05) is 30.3 Å². The molecule has 0 N–H and O–H groups in total. The maximum absolute atomic E-state index is 13.0. The highest BCUT2D eigenvalue weighted by Gasteiger charge is 2.26. The molecule has 0 saturated heterocycles. The summed E-state index contributed by atoms with van der Waals surface area (Å²) in [6.07, 6.45) is 0.337. The summed E-state index contributed by atoms with van der Waals surface area (Å²) >= 11 is 0. The molecular weight excluding hydrogens is 370 g/mol. The van der Waals surface area contributed by atoms with Crippen molar-refractivity contribution < 1.29 is 23.8 Å². The molecule has 6 nitrogen and oxygen atoms in total. The van der Waals surface area contributed by atoms with Gasteiger partial charge in [0.2, 0.25) is 0 Å². The molecule has 0 atom stereocenters. The van der Waals surface area contributed by atoms with Crippen LogP contribution in [0.2, 0.25) is 0 Å². The number of rotatable bonds is 7. The summed E-state index contributed by atoms with van der Waals surface area (Å²) in [6.45, 7) is 3.89. The zero-order chi connectivity index (χ0) is 20.8. The second-order valence-electron chi connectivity index (χ2n) is 6.30.